The summed E-state index contributed by atoms with van der Waals surface area (Å²) in [6, 6.07) is 7.64. The fraction of sp³-hybridized carbons (Fsp3) is 0.529. The maximum atomic E-state index is 12.3. The molecule has 1 aliphatic carbocycles. The Bertz CT molecular complexity index is 553. The van der Waals surface area contributed by atoms with Crippen molar-refractivity contribution in [2.45, 2.75) is 44.6 Å². The fourth-order valence-electron chi connectivity index (χ4n) is 3.16. The lowest BCUT2D eigenvalue weighted by Gasteiger charge is -2.25. The second-order valence-electron chi connectivity index (χ2n) is 5.95. The van der Waals surface area contributed by atoms with Crippen molar-refractivity contribution < 1.29 is 14.3 Å². The summed E-state index contributed by atoms with van der Waals surface area (Å²) < 4.78 is 5.59. The molecule has 118 valence electrons. The molecular formula is C17H22N2O3. The number of anilines is 1. The molecule has 1 aromatic rings. The van der Waals surface area contributed by atoms with Crippen LogP contribution in [0, 0.1) is 0 Å². The smallest absolute Gasteiger partial charge is 0.240 e. The summed E-state index contributed by atoms with van der Waals surface area (Å²) in [7, 11) is 0. The summed E-state index contributed by atoms with van der Waals surface area (Å²) in [4.78, 5) is 26.1. The van der Waals surface area contributed by atoms with E-state index in [4.69, 9.17) is 4.74 Å². The van der Waals surface area contributed by atoms with Crippen molar-refractivity contribution in [3.8, 4) is 5.75 Å². The molecule has 2 amide bonds. The van der Waals surface area contributed by atoms with Gasteiger partial charge in [0.15, 0.2) is 0 Å². The van der Waals surface area contributed by atoms with Crippen molar-refractivity contribution in [2.24, 2.45) is 0 Å². The van der Waals surface area contributed by atoms with Crippen molar-refractivity contribution >= 4 is 17.5 Å². The van der Waals surface area contributed by atoms with E-state index in [0.717, 1.165) is 12.8 Å². The van der Waals surface area contributed by atoms with Crippen LogP contribution in [0.2, 0.25) is 0 Å². The molecule has 1 aromatic carbocycles. The Morgan fingerprint density at radius 3 is 2.82 bits per heavy atom. The maximum Gasteiger partial charge on any atom is 0.240 e. The van der Waals surface area contributed by atoms with E-state index in [1.807, 2.05) is 24.3 Å². The van der Waals surface area contributed by atoms with Gasteiger partial charge in [0.2, 0.25) is 11.8 Å². The van der Waals surface area contributed by atoms with Crippen LogP contribution in [-0.4, -0.2) is 31.0 Å². The minimum absolute atomic E-state index is 0.0652. The molecule has 22 heavy (non-hydrogen) atoms. The Morgan fingerprint density at radius 2 is 2.00 bits per heavy atom. The van der Waals surface area contributed by atoms with E-state index in [1.165, 1.54) is 19.3 Å². The van der Waals surface area contributed by atoms with Gasteiger partial charge in [0, 0.05) is 6.04 Å². The molecule has 0 spiro atoms. The van der Waals surface area contributed by atoms with Crippen LogP contribution >= 0.6 is 0 Å². The average molecular weight is 302 g/mol. The van der Waals surface area contributed by atoms with Crippen LogP contribution in [-0.2, 0) is 9.59 Å². The van der Waals surface area contributed by atoms with E-state index in [9.17, 15) is 9.59 Å². The number of fused-ring (bicyclic) bond motifs is 1. The summed E-state index contributed by atoms with van der Waals surface area (Å²) >= 11 is 0. The van der Waals surface area contributed by atoms with Gasteiger partial charge in [-0.3, -0.25) is 14.5 Å². The van der Waals surface area contributed by atoms with Crippen LogP contribution in [0.5, 0.6) is 5.75 Å². The predicted molar refractivity (Wildman–Crippen MR) is 83.9 cm³/mol. The van der Waals surface area contributed by atoms with Gasteiger partial charge >= 0.3 is 0 Å². The van der Waals surface area contributed by atoms with Gasteiger partial charge in [-0.2, -0.15) is 0 Å². The van der Waals surface area contributed by atoms with Crippen molar-refractivity contribution in [2.75, 3.05) is 18.1 Å². The largest absolute Gasteiger partial charge is 0.491 e. The van der Waals surface area contributed by atoms with Gasteiger partial charge in [0.05, 0.1) is 18.7 Å². The third kappa shape index (κ3) is 3.40. The van der Waals surface area contributed by atoms with E-state index >= 15 is 0 Å². The van der Waals surface area contributed by atoms with Gasteiger partial charge in [-0.25, -0.2) is 0 Å². The Balaban J connectivity index is 1.69. The number of ether oxygens (including phenoxy) is 1. The van der Waals surface area contributed by atoms with E-state index in [2.05, 4.69) is 5.32 Å². The average Bonchev–Trinajstić information content (AvgIpc) is 2.68. The van der Waals surface area contributed by atoms with Gasteiger partial charge < -0.3 is 10.1 Å². The molecule has 1 heterocycles. The molecule has 1 aliphatic heterocycles. The lowest BCUT2D eigenvalue weighted by atomic mass is 9.95. The third-order valence-electron chi connectivity index (χ3n) is 4.30. The van der Waals surface area contributed by atoms with Gasteiger partial charge in [0.1, 0.15) is 12.3 Å². The number of carbonyl (C=O) groups excluding carboxylic acids is 2. The molecule has 3 rings (SSSR count). The summed E-state index contributed by atoms with van der Waals surface area (Å²) in [6.45, 7) is 0.423. The molecule has 5 nitrogen and oxygen atoms in total. The van der Waals surface area contributed by atoms with E-state index < -0.39 is 0 Å². The second-order valence-corrected chi connectivity index (χ2v) is 5.95. The second kappa shape index (κ2) is 6.81. The van der Waals surface area contributed by atoms with Crippen molar-refractivity contribution in [3.05, 3.63) is 24.3 Å². The molecule has 0 radical (unpaired) electrons. The van der Waals surface area contributed by atoms with Crippen LogP contribution in [0.4, 0.5) is 5.69 Å². The van der Waals surface area contributed by atoms with Crippen LogP contribution in [0.1, 0.15) is 38.5 Å². The Labute approximate surface area is 130 Å². The number of nitrogens with zero attached hydrogens (tertiary/aromatic N) is 1. The van der Waals surface area contributed by atoms with Crippen LogP contribution in [0.25, 0.3) is 0 Å². The summed E-state index contributed by atoms with van der Waals surface area (Å²) in [5.74, 6) is 0.513. The standard InChI is InChI=1S/C17H22N2O3/c20-16(18-13-6-2-1-3-7-13)12-19-14-8-4-5-9-15(14)22-11-10-17(19)21/h4-5,8-9,13H,1-3,6-7,10-12H2,(H,18,20). The van der Waals surface area contributed by atoms with E-state index in [1.54, 1.807) is 4.90 Å². The summed E-state index contributed by atoms with van der Waals surface area (Å²) in [5, 5.41) is 3.06. The van der Waals surface area contributed by atoms with Crippen LogP contribution < -0.4 is 15.0 Å². The molecule has 5 heteroatoms. The van der Waals surface area contributed by atoms with Crippen LogP contribution in [0.15, 0.2) is 24.3 Å². The zero-order valence-corrected chi connectivity index (χ0v) is 12.7. The molecule has 1 N–H and O–H groups in total. The lowest BCUT2D eigenvalue weighted by molar-refractivity contribution is -0.124. The number of amides is 2. The zero-order chi connectivity index (χ0) is 15.4. The molecule has 1 fully saturated rings. The quantitative estimate of drug-likeness (QED) is 0.931. The Hall–Kier alpha value is -2.04. The van der Waals surface area contributed by atoms with Gasteiger partial charge in [-0.15, -0.1) is 0 Å². The monoisotopic (exact) mass is 302 g/mol. The van der Waals surface area contributed by atoms with Crippen molar-refractivity contribution in [3.63, 3.8) is 0 Å². The maximum absolute atomic E-state index is 12.3. The molecule has 0 bridgehead atoms. The molecule has 2 aliphatic rings. The number of hydrogen-bond donors (Lipinski definition) is 1. The first-order valence-corrected chi connectivity index (χ1v) is 8.05. The minimum Gasteiger partial charge on any atom is -0.491 e. The number of nitrogens with one attached hydrogen (secondary N) is 1. The van der Waals surface area contributed by atoms with Crippen molar-refractivity contribution in [1.29, 1.82) is 0 Å². The van der Waals surface area contributed by atoms with Gasteiger partial charge in [-0.05, 0) is 25.0 Å². The van der Waals surface area contributed by atoms with Crippen LogP contribution in [0.3, 0.4) is 0 Å². The fourth-order valence-corrected chi connectivity index (χ4v) is 3.16. The predicted octanol–water partition coefficient (Wildman–Crippen LogP) is 2.25. The highest BCUT2D eigenvalue weighted by Crippen LogP contribution is 2.30. The normalized spacial score (nSPS) is 19.1. The van der Waals surface area contributed by atoms with Crippen molar-refractivity contribution in [1.82, 2.24) is 5.32 Å². The molecule has 0 aromatic heterocycles. The first-order chi connectivity index (χ1) is 10.7. The SMILES string of the molecule is O=C(CN1C(=O)CCOc2ccccc21)NC1CCCCC1. The number of hydrogen-bond acceptors (Lipinski definition) is 3. The highest BCUT2D eigenvalue weighted by atomic mass is 16.5. The minimum atomic E-state index is -0.0862. The summed E-state index contributed by atoms with van der Waals surface area (Å²) in [5.41, 5.74) is 0.684. The lowest BCUT2D eigenvalue weighted by Crippen LogP contribution is -2.44. The summed E-state index contributed by atoms with van der Waals surface area (Å²) in [6.07, 6.45) is 5.97. The Morgan fingerprint density at radius 1 is 1.23 bits per heavy atom. The first kappa shape index (κ1) is 14.9. The highest BCUT2D eigenvalue weighted by molar-refractivity contribution is 6.00. The van der Waals surface area contributed by atoms with E-state index in [-0.39, 0.29) is 24.4 Å². The molecule has 0 atom stereocenters. The Kier molecular flexibility index (Phi) is 4.61. The highest BCUT2D eigenvalue weighted by Gasteiger charge is 2.26. The number of carbonyl (C=O) groups is 2. The molecular weight excluding hydrogens is 280 g/mol. The molecule has 0 saturated heterocycles. The topological polar surface area (TPSA) is 58.6 Å². The van der Waals surface area contributed by atoms with E-state index in [0.29, 0.717) is 24.5 Å². The number of rotatable bonds is 3. The van der Waals surface area contributed by atoms with Gasteiger partial charge in [0.25, 0.3) is 0 Å². The molecule has 0 unspecified atom stereocenters. The third-order valence-corrected chi connectivity index (χ3v) is 4.30. The van der Waals surface area contributed by atoms with Gasteiger partial charge in [-0.1, -0.05) is 31.4 Å². The first-order valence-electron chi connectivity index (χ1n) is 8.05. The zero-order valence-electron chi connectivity index (χ0n) is 12.7. The number of benzene rings is 1. The number of para-hydroxylation sites is 2. The molecule has 1 saturated carbocycles.